The van der Waals surface area contributed by atoms with Crippen molar-refractivity contribution in [2.45, 2.75) is 33.2 Å². The smallest absolute Gasteiger partial charge is 0.252 e. The van der Waals surface area contributed by atoms with E-state index < -0.39 is 9.84 Å². The minimum Gasteiger partial charge on any atom is -0.497 e. The maximum atomic E-state index is 13.1. The van der Waals surface area contributed by atoms with E-state index in [1.54, 1.807) is 17.9 Å². The lowest BCUT2D eigenvalue weighted by molar-refractivity contribution is 0.0950. The predicted octanol–water partition coefficient (Wildman–Crippen LogP) is 3.16. The molecule has 0 bridgehead atoms. The number of carbonyl (C=O) groups excluding carboxylic acids is 1. The number of aryl methyl sites for hydroxylation is 1. The van der Waals surface area contributed by atoms with Gasteiger partial charge in [0.05, 0.1) is 47.0 Å². The summed E-state index contributed by atoms with van der Waals surface area (Å²) in [5, 5.41) is 8.27. The van der Waals surface area contributed by atoms with Crippen molar-refractivity contribution in [2.24, 2.45) is 5.92 Å². The van der Waals surface area contributed by atoms with Gasteiger partial charge in [-0.25, -0.2) is 18.1 Å². The van der Waals surface area contributed by atoms with Gasteiger partial charge in [0.2, 0.25) is 0 Å². The van der Waals surface area contributed by atoms with Crippen LogP contribution in [0.1, 0.15) is 42.4 Å². The third-order valence-corrected chi connectivity index (χ3v) is 7.44. The van der Waals surface area contributed by atoms with E-state index in [-0.39, 0.29) is 23.5 Å². The molecule has 1 aromatic carbocycles. The number of rotatable bonds is 6. The van der Waals surface area contributed by atoms with Gasteiger partial charge in [-0.3, -0.25) is 4.79 Å². The Hall–Kier alpha value is -2.94. The maximum absolute atomic E-state index is 13.1. The summed E-state index contributed by atoms with van der Waals surface area (Å²) in [6.07, 6.45) is 0.488. The van der Waals surface area contributed by atoms with Crippen LogP contribution in [0.3, 0.4) is 0 Å². The van der Waals surface area contributed by atoms with Crippen molar-refractivity contribution in [1.29, 1.82) is 0 Å². The Morgan fingerprint density at radius 1 is 1.28 bits per heavy atom. The zero-order valence-electron chi connectivity index (χ0n) is 18.8. The van der Waals surface area contributed by atoms with Gasteiger partial charge >= 0.3 is 0 Å². The molecule has 0 saturated carbocycles. The van der Waals surface area contributed by atoms with Crippen molar-refractivity contribution >= 4 is 26.8 Å². The zero-order valence-corrected chi connectivity index (χ0v) is 19.6. The minimum atomic E-state index is -3.10. The fourth-order valence-electron chi connectivity index (χ4n) is 4.02. The molecule has 1 fully saturated rings. The van der Waals surface area contributed by atoms with Crippen LogP contribution < -0.4 is 10.1 Å². The molecule has 32 heavy (non-hydrogen) atoms. The summed E-state index contributed by atoms with van der Waals surface area (Å²) in [5.74, 6) is 1.01. The number of hydrogen-bond donors (Lipinski definition) is 1. The Bertz CT molecular complexity index is 1260. The largest absolute Gasteiger partial charge is 0.497 e. The summed E-state index contributed by atoms with van der Waals surface area (Å²) in [4.78, 5) is 18.0. The van der Waals surface area contributed by atoms with Crippen LogP contribution in [0.5, 0.6) is 5.75 Å². The van der Waals surface area contributed by atoms with Crippen molar-refractivity contribution in [1.82, 2.24) is 20.1 Å². The molecule has 0 radical (unpaired) electrons. The number of nitrogens with one attached hydrogen (secondary N) is 1. The van der Waals surface area contributed by atoms with Crippen LogP contribution >= 0.6 is 0 Å². The molecule has 9 heteroatoms. The molecule has 8 nitrogen and oxygen atoms in total. The Kier molecular flexibility index (Phi) is 5.94. The molecule has 1 aliphatic heterocycles. The number of sulfone groups is 1. The molecular weight excluding hydrogens is 428 g/mol. The Labute approximate surface area is 187 Å². The highest BCUT2D eigenvalue weighted by Gasteiger charge is 2.32. The van der Waals surface area contributed by atoms with Gasteiger partial charge in [0.15, 0.2) is 15.5 Å². The number of ether oxygens (including phenoxy) is 1. The van der Waals surface area contributed by atoms with Gasteiger partial charge in [-0.1, -0.05) is 13.8 Å². The molecular formula is C23H28N4O4S. The summed E-state index contributed by atoms with van der Waals surface area (Å²) in [7, 11) is -1.49. The fourth-order valence-corrected chi connectivity index (χ4v) is 5.71. The molecule has 0 aliphatic carbocycles. The molecule has 1 unspecified atom stereocenters. The second-order valence-corrected chi connectivity index (χ2v) is 10.9. The molecule has 2 aromatic heterocycles. The number of methoxy groups -OCH3 is 1. The van der Waals surface area contributed by atoms with E-state index in [4.69, 9.17) is 9.72 Å². The number of carbonyl (C=O) groups is 1. The average molecular weight is 457 g/mol. The first kappa shape index (κ1) is 22.3. The standard InChI is InChI=1S/C23H28N4O4S/c1-14(2)12-24-23(28)19-11-20(16-5-7-18(31-4)8-6-16)25-22-21(19)15(3)26-27(22)17-9-10-32(29,30)13-17/h5-8,11,14,17H,9-10,12-13H2,1-4H3,(H,24,28). The second-order valence-electron chi connectivity index (χ2n) is 8.67. The lowest BCUT2D eigenvalue weighted by Crippen LogP contribution is -2.27. The van der Waals surface area contributed by atoms with Crippen LogP contribution in [0.15, 0.2) is 30.3 Å². The highest BCUT2D eigenvalue weighted by molar-refractivity contribution is 7.91. The summed E-state index contributed by atoms with van der Waals surface area (Å²) >= 11 is 0. The number of nitrogens with zero attached hydrogens (tertiary/aromatic N) is 3. The fraction of sp³-hybridized carbons (Fsp3) is 0.435. The Morgan fingerprint density at radius 2 is 2.00 bits per heavy atom. The normalized spacial score (nSPS) is 17.7. The third-order valence-electron chi connectivity index (χ3n) is 5.69. The van der Waals surface area contributed by atoms with E-state index in [0.29, 0.717) is 46.9 Å². The van der Waals surface area contributed by atoms with E-state index in [0.717, 1.165) is 11.3 Å². The first-order chi connectivity index (χ1) is 15.2. The first-order valence-corrected chi connectivity index (χ1v) is 12.5. The van der Waals surface area contributed by atoms with Crippen molar-refractivity contribution in [3.05, 3.63) is 41.6 Å². The number of hydrogen-bond acceptors (Lipinski definition) is 6. The summed E-state index contributed by atoms with van der Waals surface area (Å²) in [5.41, 5.74) is 3.14. The summed E-state index contributed by atoms with van der Waals surface area (Å²) in [6.45, 7) is 6.45. The van der Waals surface area contributed by atoms with E-state index in [1.807, 2.05) is 45.0 Å². The van der Waals surface area contributed by atoms with Gasteiger partial charge in [0.25, 0.3) is 5.91 Å². The van der Waals surface area contributed by atoms with E-state index in [2.05, 4.69) is 10.4 Å². The number of pyridine rings is 1. The Morgan fingerprint density at radius 3 is 2.59 bits per heavy atom. The molecule has 1 N–H and O–H groups in total. The van der Waals surface area contributed by atoms with E-state index >= 15 is 0 Å². The lowest BCUT2D eigenvalue weighted by Gasteiger charge is -2.13. The van der Waals surface area contributed by atoms with Gasteiger partial charge in [0.1, 0.15) is 5.75 Å². The van der Waals surface area contributed by atoms with E-state index in [1.165, 1.54) is 0 Å². The second kappa shape index (κ2) is 8.54. The van der Waals surface area contributed by atoms with Gasteiger partial charge in [-0.2, -0.15) is 5.10 Å². The van der Waals surface area contributed by atoms with Crippen molar-refractivity contribution < 1.29 is 17.9 Å². The summed E-state index contributed by atoms with van der Waals surface area (Å²) < 4.78 is 31.1. The SMILES string of the molecule is COc1ccc(-c2cc(C(=O)NCC(C)C)c3c(C)nn(C4CCS(=O)(=O)C4)c3n2)cc1. The monoisotopic (exact) mass is 456 g/mol. The van der Waals surface area contributed by atoms with Gasteiger partial charge in [-0.15, -0.1) is 0 Å². The number of fused-ring (bicyclic) bond motifs is 1. The van der Waals surface area contributed by atoms with Gasteiger partial charge < -0.3 is 10.1 Å². The van der Waals surface area contributed by atoms with Crippen LogP contribution in [0.25, 0.3) is 22.3 Å². The molecule has 0 spiro atoms. The van der Waals surface area contributed by atoms with Crippen LogP contribution in [0, 0.1) is 12.8 Å². The van der Waals surface area contributed by atoms with Crippen LogP contribution in [-0.4, -0.2) is 54.2 Å². The Balaban J connectivity index is 1.88. The number of benzene rings is 1. The highest BCUT2D eigenvalue weighted by Crippen LogP contribution is 2.32. The highest BCUT2D eigenvalue weighted by atomic mass is 32.2. The van der Waals surface area contributed by atoms with Crippen LogP contribution in [-0.2, 0) is 9.84 Å². The molecule has 170 valence electrons. The minimum absolute atomic E-state index is 0.0343. The molecule has 4 rings (SSSR count). The number of aromatic nitrogens is 3. The average Bonchev–Trinajstić information content (AvgIpc) is 3.30. The first-order valence-electron chi connectivity index (χ1n) is 10.7. The molecule has 3 heterocycles. The lowest BCUT2D eigenvalue weighted by atomic mass is 10.0. The third kappa shape index (κ3) is 4.34. The van der Waals surface area contributed by atoms with Gasteiger partial charge in [-0.05, 0) is 49.6 Å². The molecule has 1 amide bonds. The van der Waals surface area contributed by atoms with Crippen LogP contribution in [0.4, 0.5) is 0 Å². The quantitative estimate of drug-likeness (QED) is 0.611. The maximum Gasteiger partial charge on any atom is 0.252 e. The predicted molar refractivity (Wildman–Crippen MR) is 124 cm³/mol. The molecule has 1 aliphatic rings. The van der Waals surface area contributed by atoms with Crippen molar-refractivity contribution in [2.75, 3.05) is 25.2 Å². The molecule has 3 aromatic rings. The van der Waals surface area contributed by atoms with Gasteiger partial charge in [0, 0.05) is 12.1 Å². The van der Waals surface area contributed by atoms with Crippen molar-refractivity contribution in [3.8, 4) is 17.0 Å². The van der Waals surface area contributed by atoms with Crippen LogP contribution in [0.2, 0.25) is 0 Å². The van der Waals surface area contributed by atoms with E-state index in [9.17, 15) is 13.2 Å². The topological polar surface area (TPSA) is 103 Å². The molecule has 1 atom stereocenters. The van der Waals surface area contributed by atoms with Crippen molar-refractivity contribution in [3.63, 3.8) is 0 Å². The summed E-state index contributed by atoms with van der Waals surface area (Å²) in [6, 6.07) is 8.94. The molecule has 1 saturated heterocycles. The zero-order chi connectivity index (χ0) is 23.0. The number of amides is 1.